The molecule has 0 unspecified atom stereocenters. The number of carbonyl (C=O) groups is 1. The van der Waals surface area contributed by atoms with Crippen LogP contribution in [0.15, 0.2) is 29.1 Å². The quantitative estimate of drug-likeness (QED) is 0.929. The summed E-state index contributed by atoms with van der Waals surface area (Å²) >= 11 is 0. The van der Waals surface area contributed by atoms with E-state index in [1.165, 1.54) is 0 Å². The van der Waals surface area contributed by atoms with Crippen molar-refractivity contribution in [2.45, 2.75) is 39.2 Å². The fraction of sp³-hybridized carbons (Fsp3) is 0.526. The molecule has 1 fully saturated rings. The minimum Gasteiger partial charge on any atom is -0.336 e. The Balaban J connectivity index is 1.55. The van der Waals surface area contributed by atoms with Gasteiger partial charge < -0.3 is 9.47 Å². The van der Waals surface area contributed by atoms with Crippen molar-refractivity contribution in [3.63, 3.8) is 0 Å². The van der Waals surface area contributed by atoms with E-state index in [4.69, 9.17) is 0 Å². The van der Waals surface area contributed by atoms with Gasteiger partial charge in [-0.05, 0) is 36.8 Å². The van der Waals surface area contributed by atoms with Gasteiger partial charge in [-0.3, -0.25) is 14.7 Å². The summed E-state index contributed by atoms with van der Waals surface area (Å²) in [5.74, 6) is 1.09. The minimum atomic E-state index is -0.00677. The summed E-state index contributed by atoms with van der Waals surface area (Å²) in [6.45, 7) is 6.35. The van der Waals surface area contributed by atoms with Crippen molar-refractivity contribution >= 4 is 5.91 Å². The maximum atomic E-state index is 12.9. The lowest BCUT2D eigenvalue weighted by molar-refractivity contribution is 0.0588. The van der Waals surface area contributed by atoms with Crippen LogP contribution in [0, 0.1) is 11.8 Å². The lowest BCUT2D eigenvalue weighted by Crippen LogP contribution is -2.49. The predicted molar refractivity (Wildman–Crippen MR) is 94.6 cm³/mol. The van der Waals surface area contributed by atoms with E-state index in [9.17, 15) is 9.59 Å². The van der Waals surface area contributed by atoms with Gasteiger partial charge in [0.05, 0.1) is 0 Å². The van der Waals surface area contributed by atoms with Crippen molar-refractivity contribution in [2.24, 2.45) is 11.8 Å². The topological polar surface area (TPSA) is 71.0 Å². The van der Waals surface area contributed by atoms with Gasteiger partial charge in [-0.25, -0.2) is 0 Å². The molecular weight excluding hydrogens is 316 g/mol. The van der Waals surface area contributed by atoms with E-state index in [2.05, 4.69) is 24.0 Å². The lowest BCUT2D eigenvalue weighted by atomic mass is 9.83. The average Bonchev–Trinajstić information content (AvgIpc) is 3.03. The highest BCUT2D eigenvalue weighted by Gasteiger charge is 2.36. The highest BCUT2D eigenvalue weighted by molar-refractivity contribution is 5.92. The van der Waals surface area contributed by atoms with E-state index in [0.717, 1.165) is 24.2 Å². The van der Waals surface area contributed by atoms with E-state index in [0.29, 0.717) is 37.2 Å². The molecule has 0 aromatic carbocycles. The Labute approximate surface area is 146 Å². The number of hydrogen-bond donors (Lipinski definition) is 1. The van der Waals surface area contributed by atoms with Crippen molar-refractivity contribution in [2.75, 3.05) is 13.1 Å². The number of nitrogens with one attached hydrogen (secondary N) is 1. The zero-order chi connectivity index (χ0) is 17.6. The average molecular weight is 340 g/mol. The summed E-state index contributed by atoms with van der Waals surface area (Å²) in [7, 11) is 0. The van der Waals surface area contributed by atoms with Gasteiger partial charge in [-0.15, -0.1) is 0 Å². The van der Waals surface area contributed by atoms with E-state index < -0.39 is 0 Å². The zero-order valence-electron chi connectivity index (χ0n) is 14.7. The van der Waals surface area contributed by atoms with Crippen LogP contribution in [0.1, 0.15) is 48.1 Å². The van der Waals surface area contributed by atoms with E-state index >= 15 is 0 Å². The van der Waals surface area contributed by atoms with E-state index in [1.54, 1.807) is 6.07 Å². The Bertz CT molecular complexity index is 851. The fourth-order valence-electron chi connectivity index (χ4n) is 4.24. The van der Waals surface area contributed by atoms with Crippen LogP contribution in [-0.4, -0.2) is 38.7 Å². The number of pyridine rings is 1. The Hall–Kier alpha value is -2.37. The molecule has 0 aliphatic carbocycles. The lowest BCUT2D eigenvalue weighted by Gasteiger charge is -2.42. The molecule has 6 heteroatoms. The van der Waals surface area contributed by atoms with Crippen LogP contribution in [0.3, 0.4) is 0 Å². The molecule has 6 nitrogen and oxygen atoms in total. The molecule has 2 bridgehead atoms. The molecule has 132 valence electrons. The van der Waals surface area contributed by atoms with Gasteiger partial charge in [-0.1, -0.05) is 19.9 Å². The van der Waals surface area contributed by atoms with Crippen LogP contribution in [0.4, 0.5) is 0 Å². The second-order valence-electron chi connectivity index (χ2n) is 7.78. The number of H-pyrrole nitrogens is 1. The number of nitrogens with zero attached hydrogens (tertiary/aromatic N) is 3. The third kappa shape index (κ3) is 3.01. The number of aromatic nitrogens is 3. The molecule has 25 heavy (non-hydrogen) atoms. The summed E-state index contributed by atoms with van der Waals surface area (Å²) in [6.07, 6.45) is 1.94. The minimum absolute atomic E-state index is 0.00677. The Morgan fingerprint density at radius 2 is 2.16 bits per heavy atom. The second kappa shape index (κ2) is 6.17. The number of rotatable bonds is 3. The van der Waals surface area contributed by atoms with Crippen LogP contribution in [0.5, 0.6) is 0 Å². The van der Waals surface area contributed by atoms with Gasteiger partial charge in [0.2, 0.25) is 0 Å². The molecule has 0 radical (unpaired) electrons. The third-order valence-electron chi connectivity index (χ3n) is 5.25. The smallest absolute Gasteiger partial charge is 0.274 e. The number of fused-ring (bicyclic) bond motifs is 4. The maximum Gasteiger partial charge on any atom is 0.274 e. The van der Waals surface area contributed by atoms with Gasteiger partial charge >= 0.3 is 0 Å². The van der Waals surface area contributed by atoms with Crippen LogP contribution in [0.2, 0.25) is 0 Å². The molecule has 1 N–H and O–H groups in total. The molecule has 2 aliphatic heterocycles. The Morgan fingerprint density at radius 3 is 2.96 bits per heavy atom. The van der Waals surface area contributed by atoms with Gasteiger partial charge in [-0.2, -0.15) is 5.10 Å². The van der Waals surface area contributed by atoms with E-state index in [-0.39, 0.29) is 17.4 Å². The summed E-state index contributed by atoms with van der Waals surface area (Å²) in [6, 6.07) is 7.34. The van der Waals surface area contributed by atoms with Gasteiger partial charge in [0.1, 0.15) is 5.69 Å². The van der Waals surface area contributed by atoms with Crippen LogP contribution < -0.4 is 5.56 Å². The van der Waals surface area contributed by atoms with Gasteiger partial charge in [0.15, 0.2) is 0 Å². The monoisotopic (exact) mass is 340 g/mol. The number of aromatic amines is 1. The predicted octanol–water partition coefficient (Wildman–Crippen LogP) is 2.03. The number of piperidine rings is 1. The Kier molecular flexibility index (Phi) is 3.98. The number of carbonyl (C=O) groups excluding carboxylic acids is 1. The van der Waals surface area contributed by atoms with Gasteiger partial charge in [0.25, 0.3) is 11.5 Å². The first kappa shape index (κ1) is 16.1. The largest absolute Gasteiger partial charge is 0.336 e. The van der Waals surface area contributed by atoms with Crippen LogP contribution in [0.25, 0.3) is 0 Å². The van der Waals surface area contributed by atoms with Crippen molar-refractivity contribution < 1.29 is 4.79 Å². The molecule has 4 heterocycles. The normalized spacial score (nSPS) is 22.1. The van der Waals surface area contributed by atoms with E-state index in [1.807, 2.05) is 27.7 Å². The molecule has 2 aliphatic rings. The standard InChI is InChI=1S/C19H24N4O2/c1-12(2)6-15-8-16(21-20-15)19(25)22-9-13-7-14(11-22)17-4-3-5-18(24)23(17)10-13/h3-5,8,12-14H,6-7,9-11H2,1-2H3,(H,20,21)/t13-,14-/m0/s1. The first-order chi connectivity index (χ1) is 12.0. The molecule has 2 aromatic heterocycles. The van der Waals surface area contributed by atoms with Crippen molar-refractivity contribution in [3.05, 3.63) is 51.7 Å². The van der Waals surface area contributed by atoms with Crippen LogP contribution >= 0.6 is 0 Å². The molecule has 2 aromatic rings. The van der Waals surface area contributed by atoms with Crippen molar-refractivity contribution in [1.82, 2.24) is 19.7 Å². The first-order valence-electron chi connectivity index (χ1n) is 9.04. The fourth-order valence-corrected chi connectivity index (χ4v) is 4.24. The molecule has 1 saturated heterocycles. The van der Waals surface area contributed by atoms with Crippen LogP contribution in [-0.2, 0) is 13.0 Å². The first-order valence-corrected chi connectivity index (χ1v) is 9.04. The molecule has 4 rings (SSSR count). The molecule has 0 saturated carbocycles. The maximum absolute atomic E-state index is 12.9. The van der Waals surface area contributed by atoms with Crippen molar-refractivity contribution in [1.29, 1.82) is 0 Å². The Morgan fingerprint density at radius 1 is 1.32 bits per heavy atom. The SMILES string of the molecule is CC(C)Cc1cc(C(=O)N2C[C@@H]3C[C@@H](C2)c2cccc(=O)n2C3)n[nH]1. The summed E-state index contributed by atoms with van der Waals surface area (Å²) in [4.78, 5) is 26.9. The number of hydrogen-bond acceptors (Lipinski definition) is 3. The summed E-state index contributed by atoms with van der Waals surface area (Å²) < 4.78 is 1.88. The van der Waals surface area contributed by atoms with Gasteiger partial charge in [0, 0.05) is 43.0 Å². The highest BCUT2D eigenvalue weighted by Crippen LogP contribution is 2.35. The molecular formula is C19H24N4O2. The molecule has 2 atom stereocenters. The number of amides is 1. The highest BCUT2D eigenvalue weighted by atomic mass is 16.2. The second-order valence-corrected chi connectivity index (χ2v) is 7.78. The summed E-state index contributed by atoms with van der Waals surface area (Å²) in [5, 5.41) is 7.21. The third-order valence-corrected chi connectivity index (χ3v) is 5.25. The number of likely N-dealkylation sites (tertiary alicyclic amines) is 1. The molecule has 1 amide bonds. The summed E-state index contributed by atoms with van der Waals surface area (Å²) in [5.41, 5.74) is 2.63. The zero-order valence-corrected chi connectivity index (χ0v) is 14.7. The van der Waals surface area contributed by atoms with Crippen molar-refractivity contribution in [3.8, 4) is 0 Å². The molecule has 0 spiro atoms.